The standard InChI is InChI=1S/C11H13NO3/c1-7-2-3-10(13)8(6-7)9-4-5-15-11(14)12-9/h2-3,6,9,13H,4-5H2,1H3,(H,12,14)/t9-/m1/s1. The fraction of sp³-hybridized carbons (Fsp3) is 0.364. The highest BCUT2D eigenvalue weighted by molar-refractivity contribution is 5.69. The highest BCUT2D eigenvalue weighted by atomic mass is 16.5. The highest BCUT2D eigenvalue weighted by Gasteiger charge is 2.22. The van der Waals surface area contributed by atoms with Crippen molar-refractivity contribution in [3.8, 4) is 5.75 Å². The van der Waals surface area contributed by atoms with Crippen LogP contribution in [0.5, 0.6) is 5.75 Å². The zero-order valence-electron chi connectivity index (χ0n) is 8.49. The van der Waals surface area contributed by atoms with Gasteiger partial charge >= 0.3 is 6.09 Å². The van der Waals surface area contributed by atoms with Gasteiger partial charge in [-0.3, -0.25) is 0 Å². The van der Waals surface area contributed by atoms with Crippen molar-refractivity contribution in [1.82, 2.24) is 5.32 Å². The molecule has 4 heteroatoms. The Hall–Kier alpha value is -1.71. The Kier molecular flexibility index (Phi) is 2.49. The first-order valence-corrected chi connectivity index (χ1v) is 4.89. The molecule has 1 aromatic rings. The number of hydrogen-bond acceptors (Lipinski definition) is 3. The lowest BCUT2D eigenvalue weighted by Crippen LogP contribution is -2.35. The number of aryl methyl sites for hydroxylation is 1. The number of hydrogen-bond donors (Lipinski definition) is 2. The summed E-state index contributed by atoms with van der Waals surface area (Å²) in [7, 11) is 0. The second kappa shape index (κ2) is 3.81. The lowest BCUT2D eigenvalue weighted by molar-refractivity contribution is 0.115. The van der Waals surface area contributed by atoms with Crippen LogP contribution in [0.1, 0.15) is 23.6 Å². The molecule has 80 valence electrons. The largest absolute Gasteiger partial charge is 0.508 e. The van der Waals surface area contributed by atoms with Crippen molar-refractivity contribution in [2.24, 2.45) is 0 Å². The van der Waals surface area contributed by atoms with Gasteiger partial charge in [-0.15, -0.1) is 0 Å². The van der Waals surface area contributed by atoms with Crippen LogP contribution in [0.15, 0.2) is 18.2 Å². The lowest BCUT2D eigenvalue weighted by atomic mass is 10.0. The average molecular weight is 207 g/mol. The molecule has 0 aromatic heterocycles. The molecule has 15 heavy (non-hydrogen) atoms. The molecule has 1 atom stereocenters. The minimum Gasteiger partial charge on any atom is -0.508 e. The first-order chi connectivity index (χ1) is 7.16. The molecule has 0 unspecified atom stereocenters. The number of rotatable bonds is 1. The molecule has 2 N–H and O–H groups in total. The van der Waals surface area contributed by atoms with Crippen molar-refractivity contribution < 1.29 is 14.6 Å². The number of nitrogens with one attached hydrogen (secondary N) is 1. The number of benzene rings is 1. The number of ether oxygens (including phenoxy) is 1. The fourth-order valence-corrected chi connectivity index (χ4v) is 1.71. The minimum absolute atomic E-state index is 0.147. The van der Waals surface area contributed by atoms with Gasteiger partial charge in [-0.1, -0.05) is 17.7 Å². The summed E-state index contributed by atoms with van der Waals surface area (Å²) in [5.41, 5.74) is 1.81. The van der Waals surface area contributed by atoms with Gasteiger partial charge < -0.3 is 15.2 Å². The van der Waals surface area contributed by atoms with Gasteiger partial charge in [0.15, 0.2) is 0 Å². The SMILES string of the molecule is Cc1ccc(O)c([C@H]2CCOC(=O)N2)c1. The first-order valence-electron chi connectivity index (χ1n) is 4.89. The van der Waals surface area contributed by atoms with E-state index in [1.807, 2.05) is 19.1 Å². The topological polar surface area (TPSA) is 58.6 Å². The van der Waals surface area contributed by atoms with E-state index in [2.05, 4.69) is 5.32 Å². The third-order valence-electron chi connectivity index (χ3n) is 2.49. The molecule has 4 nitrogen and oxygen atoms in total. The molecule has 1 aromatic carbocycles. The molecule has 0 aliphatic carbocycles. The third kappa shape index (κ3) is 2.03. The van der Waals surface area contributed by atoms with Crippen LogP contribution >= 0.6 is 0 Å². The Balaban J connectivity index is 2.27. The second-order valence-corrected chi connectivity index (χ2v) is 3.68. The molecule has 0 bridgehead atoms. The van der Waals surface area contributed by atoms with Crippen LogP contribution in [-0.4, -0.2) is 17.8 Å². The maximum absolute atomic E-state index is 11.0. The number of carbonyl (C=O) groups is 1. The van der Waals surface area contributed by atoms with Crippen molar-refractivity contribution in [1.29, 1.82) is 0 Å². The van der Waals surface area contributed by atoms with Crippen LogP contribution in [0.3, 0.4) is 0 Å². The molecule has 1 saturated heterocycles. The molecule has 0 radical (unpaired) electrons. The Bertz CT molecular complexity index is 389. The van der Waals surface area contributed by atoms with E-state index in [4.69, 9.17) is 4.74 Å². The highest BCUT2D eigenvalue weighted by Crippen LogP contribution is 2.28. The summed E-state index contributed by atoms with van der Waals surface area (Å²) in [6.45, 7) is 2.34. The molecule has 1 aliphatic rings. The van der Waals surface area contributed by atoms with E-state index >= 15 is 0 Å². The van der Waals surface area contributed by atoms with E-state index in [1.54, 1.807) is 6.07 Å². The predicted molar refractivity (Wildman–Crippen MR) is 54.7 cm³/mol. The summed E-state index contributed by atoms with van der Waals surface area (Å²) in [4.78, 5) is 11.0. The maximum Gasteiger partial charge on any atom is 0.407 e. The molecule has 1 aliphatic heterocycles. The molecule has 0 spiro atoms. The van der Waals surface area contributed by atoms with Gasteiger partial charge in [0.05, 0.1) is 12.6 Å². The monoisotopic (exact) mass is 207 g/mol. The second-order valence-electron chi connectivity index (χ2n) is 3.68. The molecule has 1 fully saturated rings. The predicted octanol–water partition coefficient (Wildman–Crippen LogP) is 1.87. The van der Waals surface area contributed by atoms with E-state index in [0.29, 0.717) is 13.0 Å². The van der Waals surface area contributed by atoms with Gasteiger partial charge in [-0.05, 0) is 13.0 Å². The number of amides is 1. The van der Waals surface area contributed by atoms with Crippen LogP contribution in [0.4, 0.5) is 4.79 Å². The number of phenolic OH excluding ortho intramolecular Hbond substituents is 1. The smallest absolute Gasteiger partial charge is 0.407 e. The zero-order chi connectivity index (χ0) is 10.8. The van der Waals surface area contributed by atoms with Gasteiger partial charge in [0.1, 0.15) is 5.75 Å². The minimum atomic E-state index is -0.424. The van der Waals surface area contributed by atoms with E-state index in [0.717, 1.165) is 11.1 Å². The molecular weight excluding hydrogens is 194 g/mol. The molecular formula is C11H13NO3. The van der Waals surface area contributed by atoms with Gasteiger partial charge in [0, 0.05) is 12.0 Å². The van der Waals surface area contributed by atoms with Crippen LogP contribution in [0.2, 0.25) is 0 Å². The summed E-state index contributed by atoms with van der Waals surface area (Å²) >= 11 is 0. The van der Waals surface area contributed by atoms with Crippen LogP contribution in [0, 0.1) is 6.92 Å². The van der Waals surface area contributed by atoms with Gasteiger partial charge in [0.25, 0.3) is 0 Å². The van der Waals surface area contributed by atoms with Crippen LogP contribution in [-0.2, 0) is 4.74 Å². The molecule has 2 rings (SSSR count). The van der Waals surface area contributed by atoms with Crippen molar-refractivity contribution >= 4 is 6.09 Å². The Morgan fingerprint density at radius 2 is 2.33 bits per heavy atom. The average Bonchev–Trinajstić information content (AvgIpc) is 2.22. The normalized spacial score (nSPS) is 20.6. The van der Waals surface area contributed by atoms with Crippen LogP contribution < -0.4 is 5.32 Å². The molecule has 1 amide bonds. The Morgan fingerprint density at radius 1 is 1.53 bits per heavy atom. The van der Waals surface area contributed by atoms with Gasteiger partial charge in [-0.25, -0.2) is 4.79 Å². The van der Waals surface area contributed by atoms with E-state index in [-0.39, 0.29) is 11.8 Å². The quantitative estimate of drug-likeness (QED) is 0.739. The van der Waals surface area contributed by atoms with E-state index in [1.165, 1.54) is 0 Å². The number of aromatic hydroxyl groups is 1. The number of cyclic esters (lactones) is 1. The lowest BCUT2D eigenvalue weighted by Gasteiger charge is -2.24. The van der Waals surface area contributed by atoms with Crippen molar-refractivity contribution in [2.75, 3.05) is 6.61 Å². The van der Waals surface area contributed by atoms with E-state index < -0.39 is 6.09 Å². The summed E-state index contributed by atoms with van der Waals surface area (Å²) in [6.07, 6.45) is 0.259. The Morgan fingerprint density at radius 3 is 3.07 bits per heavy atom. The number of phenols is 1. The first kappa shape index (κ1) is 9.83. The van der Waals surface area contributed by atoms with Gasteiger partial charge in [0.2, 0.25) is 0 Å². The summed E-state index contributed by atoms with van der Waals surface area (Å²) < 4.78 is 4.77. The van der Waals surface area contributed by atoms with Crippen LogP contribution in [0.25, 0.3) is 0 Å². The number of carbonyl (C=O) groups excluding carboxylic acids is 1. The zero-order valence-corrected chi connectivity index (χ0v) is 8.49. The third-order valence-corrected chi connectivity index (χ3v) is 2.49. The summed E-state index contributed by atoms with van der Waals surface area (Å²) in [6, 6.07) is 5.21. The summed E-state index contributed by atoms with van der Waals surface area (Å²) in [5.74, 6) is 0.216. The van der Waals surface area contributed by atoms with Crippen molar-refractivity contribution in [2.45, 2.75) is 19.4 Å². The van der Waals surface area contributed by atoms with Crippen molar-refractivity contribution in [3.63, 3.8) is 0 Å². The van der Waals surface area contributed by atoms with E-state index in [9.17, 15) is 9.90 Å². The van der Waals surface area contributed by atoms with Gasteiger partial charge in [-0.2, -0.15) is 0 Å². The number of alkyl carbamates (subject to hydrolysis) is 1. The van der Waals surface area contributed by atoms with Crippen molar-refractivity contribution in [3.05, 3.63) is 29.3 Å². The fourth-order valence-electron chi connectivity index (χ4n) is 1.71. The molecule has 0 saturated carbocycles. The molecule has 1 heterocycles. The Labute approximate surface area is 87.9 Å². The maximum atomic E-state index is 11.0. The summed E-state index contributed by atoms with van der Waals surface area (Å²) in [5, 5.41) is 12.4.